The number of fused-ring (bicyclic) bond motifs is 1. The van der Waals surface area contributed by atoms with Gasteiger partial charge in [-0.25, -0.2) is 4.39 Å². The summed E-state index contributed by atoms with van der Waals surface area (Å²) in [5, 5.41) is 12.2. The first-order valence-corrected chi connectivity index (χ1v) is 4.57. The van der Waals surface area contributed by atoms with Gasteiger partial charge in [0.1, 0.15) is 5.82 Å². The fourth-order valence-electron chi connectivity index (χ4n) is 1.23. The molecule has 0 spiro atoms. The van der Waals surface area contributed by atoms with E-state index in [0.717, 1.165) is 11.3 Å². The molecule has 0 aromatic heterocycles. The summed E-state index contributed by atoms with van der Waals surface area (Å²) in [4.78, 5) is 0. The summed E-state index contributed by atoms with van der Waals surface area (Å²) in [6.45, 7) is 0. The average Bonchev–Trinajstić information content (AvgIpc) is 2.08. The zero-order valence-electron chi connectivity index (χ0n) is 6.59. The predicted octanol–water partition coefficient (Wildman–Crippen LogP) is 2.31. The highest BCUT2D eigenvalue weighted by atomic mass is 79.9. The molecule has 2 nitrogen and oxygen atoms in total. The second kappa shape index (κ2) is 3.12. The number of halogens is 2. The molecular formula is C9H7BrFNO. The second-order valence-electron chi connectivity index (χ2n) is 2.81. The Hall–Kier alpha value is -0.870. The van der Waals surface area contributed by atoms with Crippen molar-refractivity contribution >= 4 is 27.7 Å². The first-order chi connectivity index (χ1) is 6.16. The van der Waals surface area contributed by atoms with Gasteiger partial charge in [-0.3, -0.25) is 0 Å². The SMILES string of the molecule is OC1Nc2ccc(F)cc2C=C1Br. The van der Waals surface area contributed by atoms with Gasteiger partial charge in [0, 0.05) is 15.7 Å². The number of nitrogens with one attached hydrogen (secondary N) is 1. The molecule has 1 aromatic carbocycles. The molecule has 4 heteroatoms. The molecule has 2 rings (SSSR count). The normalized spacial score (nSPS) is 20.2. The maximum atomic E-state index is 12.8. The highest BCUT2D eigenvalue weighted by Crippen LogP contribution is 2.29. The Labute approximate surface area is 83.2 Å². The number of hydrogen-bond acceptors (Lipinski definition) is 2. The summed E-state index contributed by atoms with van der Waals surface area (Å²) in [6.07, 6.45) is 0.956. The number of aliphatic hydroxyl groups is 1. The molecule has 1 aliphatic heterocycles. The lowest BCUT2D eigenvalue weighted by atomic mass is 10.1. The van der Waals surface area contributed by atoms with E-state index < -0.39 is 6.23 Å². The van der Waals surface area contributed by atoms with Crippen molar-refractivity contribution in [2.45, 2.75) is 6.23 Å². The standard InChI is InChI=1S/C9H7BrFNO/c10-7-4-5-3-6(11)1-2-8(5)12-9(7)13/h1-4,9,12-13H. The zero-order chi connectivity index (χ0) is 9.42. The molecule has 2 N–H and O–H groups in total. The van der Waals surface area contributed by atoms with Crippen LogP contribution in [0.5, 0.6) is 0 Å². The van der Waals surface area contributed by atoms with Crippen LogP contribution in [0.15, 0.2) is 22.7 Å². The molecule has 1 heterocycles. The molecule has 0 saturated heterocycles. The maximum absolute atomic E-state index is 12.8. The van der Waals surface area contributed by atoms with Crippen LogP contribution in [0.4, 0.5) is 10.1 Å². The molecule has 1 unspecified atom stereocenters. The molecule has 0 amide bonds. The van der Waals surface area contributed by atoms with Crippen molar-refractivity contribution in [3.8, 4) is 0 Å². The summed E-state index contributed by atoms with van der Waals surface area (Å²) in [6, 6.07) is 4.37. The van der Waals surface area contributed by atoms with Gasteiger partial charge in [0.15, 0.2) is 6.23 Å². The van der Waals surface area contributed by atoms with E-state index >= 15 is 0 Å². The average molecular weight is 244 g/mol. The maximum Gasteiger partial charge on any atom is 0.157 e. The Morgan fingerprint density at radius 2 is 2.23 bits per heavy atom. The van der Waals surface area contributed by atoms with E-state index in [-0.39, 0.29) is 5.82 Å². The van der Waals surface area contributed by atoms with Crippen LogP contribution in [0.1, 0.15) is 5.56 Å². The first-order valence-electron chi connectivity index (χ1n) is 3.78. The Bertz CT molecular complexity index is 378. The third-order valence-corrected chi connectivity index (χ3v) is 2.52. The molecule has 1 aromatic rings. The fourth-order valence-corrected chi connectivity index (χ4v) is 1.59. The Morgan fingerprint density at radius 1 is 1.46 bits per heavy atom. The zero-order valence-corrected chi connectivity index (χ0v) is 8.18. The van der Waals surface area contributed by atoms with Gasteiger partial charge in [-0.2, -0.15) is 0 Å². The molecule has 0 fully saturated rings. The van der Waals surface area contributed by atoms with Gasteiger partial charge in [0.05, 0.1) is 0 Å². The van der Waals surface area contributed by atoms with Gasteiger partial charge in [-0.05, 0) is 24.3 Å². The predicted molar refractivity (Wildman–Crippen MR) is 52.9 cm³/mol. The minimum Gasteiger partial charge on any atom is -0.369 e. The van der Waals surface area contributed by atoms with Gasteiger partial charge in [-0.15, -0.1) is 0 Å². The van der Waals surface area contributed by atoms with E-state index in [1.54, 1.807) is 12.1 Å². The van der Waals surface area contributed by atoms with Crippen LogP contribution < -0.4 is 5.32 Å². The van der Waals surface area contributed by atoms with E-state index in [9.17, 15) is 9.50 Å². The second-order valence-corrected chi connectivity index (χ2v) is 3.72. The van der Waals surface area contributed by atoms with Crippen LogP contribution in [0.25, 0.3) is 6.08 Å². The number of hydrogen-bond donors (Lipinski definition) is 2. The van der Waals surface area contributed by atoms with Crippen LogP contribution in [0, 0.1) is 5.82 Å². The van der Waals surface area contributed by atoms with Crippen molar-refractivity contribution < 1.29 is 9.50 Å². The van der Waals surface area contributed by atoms with E-state index in [0.29, 0.717) is 4.48 Å². The van der Waals surface area contributed by atoms with E-state index in [2.05, 4.69) is 21.2 Å². The molecule has 0 radical (unpaired) electrons. The highest BCUT2D eigenvalue weighted by molar-refractivity contribution is 9.11. The topological polar surface area (TPSA) is 32.3 Å². The van der Waals surface area contributed by atoms with Crippen LogP contribution in [-0.4, -0.2) is 11.3 Å². The minimum atomic E-state index is -0.738. The van der Waals surface area contributed by atoms with Crippen LogP contribution in [0.2, 0.25) is 0 Å². The number of rotatable bonds is 0. The lowest BCUT2D eigenvalue weighted by Crippen LogP contribution is -2.22. The summed E-state index contributed by atoms with van der Waals surface area (Å²) < 4.78 is 13.4. The molecule has 68 valence electrons. The van der Waals surface area contributed by atoms with Crippen molar-refractivity contribution in [2.24, 2.45) is 0 Å². The van der Waals surface area contributed by atoms with Gasteiger partial charge in [0.25, 0.3) is 0 Å². The van der Waals surface area contributed by atoms with Crippen molar-refractivity contribution in [1.82, 2.24) is 0 Å². The van der Waals surface area contributed by atoms with Crippen molar-refractivity contribution in [3.05, 3.63) is 34.1 Å². The Morgan fingerprint density at radius 3 is 3.00 bits per heavy atom. The van der Waals surface area contributed by atoms with Crippen molar-refractivity contribution in [2.75, 3.05) is 5.32 Å². The minimum absolute atomic E-state index is 0.284. The summed E-state index contributed by atoms with van der Waals surface area (Å²) >= 11 is 3.17. The van der Waals surface area contributed by atoms with E-state index in [1.165, 1.54) is 12.1 Å². The highest BCUT2D eigenvalue weighted by Gasteiger charge is 2.15. The smallest absolute Gasteiger partial charge is 0.157 e. The van der Waals surface area contributed by atoms with Crippen molar-refractivity contribution in [1.29, 1.82) is 0 Å². The third kappa shape index (κ3) is 1.59. The Kier molecular flexibility index (Phi) is 2.09. The Balaban J connectivity index is 2.51. The monoisotopic (exact) mass is 243 g/mol. The lowest BCUT2D eigenvalue weighted by molar-refractivity contribution is 0.249. The summed E-state index contributed by atoms with van der Waals surface area (Å²) in [5.74, 6) is -0.284. The number of aliphatic hydroxyl groups excluding tert-OH is 1. The molecule has 1 aliphatic rings. The molecule has 0 saturated carbocycles. The van der Waals surface area contributed by atoms with E-state index in [4.69, 9.17) is 0 Å². The summed E-state index contributed by atoms with van der Waals surface area (Å²) in [7, 11) is 0. The fraction of sp³-hybridized carbons (Fsp3) is 0.111. The number of anilines is 1. The molecule has 0 aliphatic carbocycles. The van der Waals surface area contributed by atoms with Crippen LogP contribution in [0.3, 0.4) is 0 Å². The molecular weight excluding hydrogens is 237 g/mol. The van der Waals surface area contributed by atoms with Crippen molar-refractivity contribution in [3.63, 3.8) is 0 Å². The van der Waals surface area contributed by atoms with E-state index in [1.807, 2.05) is 0 Å². The largest absolute Gasteiger partial charge is 0.369 e. The number of benzene rings is 1. The molecule has 0 bridgehead atoms. The van der Waals surface area contributed by atoms with Crippen LogP contribution >= 0.6 is 15.9 Å². The van der Waals surface area contributed by atoms with Gasteiger partial charge in [0.2, 0.25) is 0 Å². The van der Waals surface area contributed by atoms with Gasteiger partial charge >= 0.3 is 0 Å². The van der Waals surface area contributed by atoms with Gasteiger partial charge in [-0.1, -0.05) is 15.9 Å². The third-order valence-electron chi connectivity index (χ3n) is 1.86. The molecule has 1 atom stereocenters. The lowest BCUT2D eigenvalue weighted by Gasteiger charge is -2.20. The molecule has 13 heavy (non-hydrogen) atoms. The van der Waals surface area contributed by atoms with Crippen LogP contribution in [-0.2, 0) is 0 Å². The first kappa shape index (κ1) is 8.72. The van der Waals surface area contributed by atoms with Gasteiger partial charge < -0.3 is 10.4 Å². The summed E-state index contributed by atoms with van der Waals surface area (Å²) in [5.41, 5.74) is 1.47. The quantitative estimate of drug-likeness (QED) is 0.733.